The first kappa shape index (κ1) is 17.9. The first-order valence-electron chi connectivity index (χ1n) is 9.46. The Balaban J connectivity index is 2.16. The Bertz CT molecular complexity index is 1260. The lowest BCUT2D eigenvalue weighted by Crippen LogP contribution is -2.22. The number of aryl methyl sites for hydroxylation is 1. The average Bonchev–Trinajstić information content (AvgIpc) is 3.06. The van der Waals surface area contributed by atoms with Crippen LogP contribution in [0.15, 0.2) is 59.4 Å². The third kappa shape index (κ3) is 2.66. The number of benzene rings is 2. The van der Waals surface area contributed by atoms with Gasteiger partial charge in [-0.2, -0.15) is 5.26 Å². The largest absolute Gasteiger partial charge is 0.492 e. The fourth-order valence-electron chi connectivity index (χ4n) is 3.85. The number of para-hydroxylation sites is 2. The molecular formula is C23H21N3O2. The van der Waals surface area contributed by atoms with Crippen LogP contribution in [0.1, 0.15) is 30.5 Å². The van der Waals surface area contributed by atoms with Gasteiger partial charge in [0, 0.05) is 13.0 Å². The van der Waals surface area contributed by atoms with E-state index >= 15 is 0 Å². The molecule has 0 saturated heterocycles. The van der Waals surface area contributed by atoms with E-state index in [0.29, 0.717) is 42.1 Å². The monoisotopic (exact) mass is 371 g/mol. The summed E-state index contributed by atoms with van der Waals surface area (Å²) in [4.78, 5) is 13.6. The molecule has 28 heavy (non-hydrogen) atoms. The molecule has 2 aromatic carbocycles. The summed E-state index contributed by atoms with van der Waals surface area (Å²) in [7, 11) is 0. The van der Waals surface area contributed by atoms with E-state index in [1.165, 1.54) is 0 Å². The Morgan fingerprint density at radius 3 is 2.32 bits per heavy atom. The van der Waals surface area contributed by atoms with Crippen molar-refractivity contribution in [2.75, 3.05) is 6.61 Å². The molecule has 0 aliphatic carbocycles. The van der Waals surface area contributed by atoms with Gasteiger partial charge in [-0.15, -0.1) is 0 Å². The van der Waals surface area contributed by atoms with Crippen LogP contribution >= 0.6 is 0 Å². The first-order chi connectivity index (χ1) is 13.7. The number of ether oxygens (including phenoxy) is 1. The van der Waals surface area contributed by atoms with Crippen molar-refractivity contribution in [1.29, 1.82) is 5.26 Å². The van der Waals surface area contributed by atoms with Crippen LogP contribution < -0.4 is 10.3 Å². The maximum atomic E-state index is 13.6. The van der Waals surface area contributed by atoms with E-state index < -0.39 is 0 Å². The molecule has 0 fully saturated rings. The van der Waals surface area contributed by atoms with Gasteiger partial charge in [-0.25, -0.2) is 0 Å². The van der Waals surface area contributed by atoms with E-state index in [0.717, 1.165) is 16.6 Å². The molecule has 2 heterocycles. The molecule has 0 radical (unpaired) electrons. The van der Waals surface area contributed by atoms with Crippen LogP contribution in [0, 0.1) is 11.3 Å². The van der Waals surface area contributed by atoms with Gasteiger partial charge < -0.3 is 9.30 Å². The van der Waals surface area contributed by atoms with Gasteiger partial charge >= 0.3 is 0 Å². The first-order valence-corrected chi connectivity index (χ1v) is 9.46. The lowest BCUT2D eigenvalue weighted by Gasteiger charge is -2.14. The molecule has 0 spiro atoms. The number of aromatic nitrogens is 2. The number of hydrogen-bond donors (Lipinski definition) is 0. The van der Waals surface area contributed by atoms with Crippen LogP contribution in [0.3, 0.4) is 0 Å². The minimum atomic E-state index is -0.135. The number of nitrogens with zero attached hydrogens (tertiary/aromatic N) is 3. The number of fused-ring (bicyclic) bond motifs is 3. The van der Waals surface area contributed by atoms with Gasteiger partial charge in [0.05, 0.1) is 23.2 Å². The van der Waals surface area contributed by atoms with Gasteiger partial charge in [-0.3, -0.25) is 9.20 Å². The molecule has 4 aromatic rings. The highest BCUT2D eigenvalue weighted by atomic mass is 16.5. The maximum absolute atomic E-state index is 13.6. The number of imidazole rings is 1. The van der Waals surface area contributed by atoms with Crippen molar-refractivity contribution in [3.8, 4) is 11.8 Å². The summed E-state index contributed by atoms with van der Waals surface area (Å²) in [5, 5.41) is 10.0. The zero-order chi connectivity index (χ0) is 19.7. The fraction of sp³-hybridized carbons (Fsp3) is 0.217. The molecule has 0 bridgehead atoms. The highest BCUT2D eigenvalue weighted by Gasteiger charge is 2.24. The second-order valence-corrected chi connectivity index (χ2v) is 6.59. The van der Waals surface area contributed by atoms with Crippen molar-refractivity contribution in [1.82, 2.24) is 8.97 Å². The van der Waals surface area contributed by atoms with Gasteiger partial charge in [0.2, 0.25) is 0 Å². The smallest absolute Gasteiger partial charge is 0.264 e. The summed E-state index contributed by atoms with van der Waals surface area (Å²) >= 11 is 0. The summed E-state index contributed by atoms with van der Waals surface area (Å²) < 4.78 is 9.54. The normalized spacial score (nSPS) is 11.0. The third-order valence-electron chi connectivity index (χ3n) is 5.01. The zero-order valence-corrected chi connectivity index (χ0v) is 16.0. The van der Waals surface area contributed by atoms with E-state index in [9.17, 15) is 10.1 Å². The van der Waals surface area contributed by atoms with Crippen molar-refractivity contribution in [2.24, 2.45) is 0 Å². The standard InChI is InChI=1S/C23H21N3O2/c1-3-25-19-12-8-9-13-20(19)26-22(25)18(15-24)21(28-4-2)17(23(26)27)14-16-10-6-5-7-11-16/h5-13H,3-4,14H2,1-2H3. The SMILES string of the molecule is CCOc1c(Cc2ccccc2)c(=O)n2c3ccccc3n(CC)c2c1C#N. The van der Waals surface area contributed by atoms with E-state index in [1.54, 1.807) is 4.40 Å². The summed E-state index contributed by atoms with van der Waals surface area (Å²) in [5.74, 6) is 0.399. The Labute approximate surface area is 163 Å². The predicted octanol–water partition coefficient (Wildman–Crippen LogP) is 4.14. The van der Waals surface area contributed by atoms with Crippen LogP contribution in [-0.4, -0.2) is 15.6 Å². The topological polar surface area (TPSA) is 59.4 Å². The predicted molar refractivity (Wildman–Crippen MR) is 110 cm³/mol. The minimum Gasteiger partial charge on any atom is -0.492 e. The number of hydrogen-bond acceptors (Lipinski definition) is 3. The van der Waals surface area contributed by atoms with Gasteiger partial charge in [-0.1, -0.05) is 42.5 Å². The summed E-state index contributed by atoms with van der Waals surface area (Å²) in [6.45, 7) is 4.91. The van der Waals surface area contributed by atoms with Gasteiger partial charge in [0.1, 0.15) is 23.0 Å². The molecule has 0 aliphatic rings. The Morgan fingerprint density at radius 2 is 1.68 bits per heavy atom. The number of nitriles is 1. The zero-order valence-electron chi connectivity index (χ0n) is 16.0. The molecule has 2 aromatic heterocycles. The molecule has 0 saturated carbocycles. The van der Waals surface area contributed by atoms with Crippen LogP contribution in [0.5, 0.6) is 5.75 Å². The van der Waals surface area contributed by atoms with E-state index in [-0.39, 0.29) is 5.56 Å². The van der Waals surface area contributed by atoms with E-state index in [2.05, 4.69) is 6.07 Å². The lowest BCUT2D eigenvalue weighted by molar-refractivity contribution is 0.335. The van der Waals surface area contributed by atoms with Crippen LogP contribution in [0.4, 0.5) is 0 Å². The lowest BCUT2D eigenvalue weighted by atomic mass is 10.0. The highest BCUT2D eigenvalue weighted by molar-refractivity contribution is 5.85. The van der Waals surface area contributed by atoms with Crippen LogP contribution in [-0.2, 0) is 13.0 Å². The second kappa shape index (κ2) is 7.24. The molecule has 0 N–H and O–H groups in total. The molecule has 0 aliphatic heterocycles. The molecule has 0 atom stereocenters. The molecule has 5 heteroatoms. The molecule has 0 amide bonds. The van der Waals surface area contributed by atoms with Gasteiger partial charge in [-0.05, 0) is 31.5 Å². The molecular weight excluding hydrogens is 350 g/mol. The third-order valence-corrected chi connectivity index (χ3v) is 5.01. The number of pyridine rings is 1. The summed E-state index contributed by atoms with van der Waals surface area (Å²) in [6.07, 6.45) is 0.415. The summed E-state index contributed by atoms with van der Waals surface area (Å²) in [6, 6.07) is 19.8. The molecule has 0 unspecified atom stereocenters. The van der Waals surface area contributed by atoms with Crippen molar-refractivity contribution < 1.29 is 4.74 Å². The fourth-order valence-corrected chi connectivity index (χ4v) is 3.85. The van der Waals surface area contributed by atoms with Crippen molar-refractivity contribution in [3.05, 3.63) is 81.6 Å². The Morgan fingerprint density at radius 1 is 1.00 bits per heavy atom. The van der Waals surface area contributed by atoms with Crippen molar-refractivity contribution in [2.45, 2.75) is 26.8 Å². The second-order valence-electron chi connectivity index (χ2n) is 6.59. The number of rotatable bonds is 5. The highest BCUT2D eigenvalue weighted by Crippen LogP contribution is 2.31. The van der Waals surface area contributed by atoms with E-state index in [4.69, 9.17) is 4.74 Å². The quantitative estimate of drug-likeness (QED) is 0.530. The van der Waals surface area contributed by atoms with Gasteiger partial charge in [0.15, 0.2) is 0 Å². The summed E-state index contributed by atoms with van der Waals surface area (Å²) in [5.41, 5.74) is 4.12. The molecule has 140 valence electrons. The van der Waals surface area contributed by atoms with E-state index in [1.807, 2.05) is 73.0 Å². The van der Waals surface area contributed by atoms with Crippen LogP contribution in [0.2, 0.25) is 0 Å². The van der Waals surface area contributed by atoms with Crippen LogP contribution in [0.25, 0.3) is 16.7 Å². The van der Waals surface area contributed by atoms with Crippen molar-refractivity contribution in [3.63, 3.8) is 0 Å². The maximum Gasteiger partial charge on any atom is 0.264 e. The minimum absolute atomic E-state index is 0.135. The van der Waals surface area contributed by atoms with Gasteiger partial charge in [0.25, 0.3) is 5.56 Å². The molecule has 4 rings (SSSR count). The Kier molecular flexibility index (Phi) is 4.62. The Hall–Kier alpha value is -3.52. The van der Waals surface area contributed by atoms with Crippen molar-refractivity contribution >= 4 is 16.7 Å². The average molecular weight is 371 g/mol. The molecule has 5 nitrogen and oxygen atoms in total.